The smallest absolute Gasteiger partial charge is 0.161 e. The van der Waals surface area contributed by atoms with Gasteiger partial charge < -0.3 is 14.6 Å². The van der Waals surface area contributed by atoms with Crippen molar-refractivity contribution in [1.82, 2.24) is 0 Å². The van der Waals surface area contributed by atoms with Crippen LogP contribution in [0.1, 0.15) is 31.9 Å². The Kier molecular flexibility index (Phi) is 4.97. The molecule has 0 amide bonds. The molecule has 0 saturated carbocycles. The summed E-state index contributed by atoms with van der Waals surface area (Å²) < 4.78 is 10.5. The Labute approximate surface area is 101 Å². The molecule has 1 unspecified atom stereocenters. The van der Waals surface area contributed by atoms with Crippen LogP contribution in [0.5, 0.6) is 11.5 Å². The number of aliphatic hydroxyl groups excluding tert-OH is 1. The zero-order chi connectivity index (χ0) is 12.8. The number of methoxy groups -OCH3 is 1. The standard InChI is InChI=1S/C13H18O4/c1-4-17-12-6-5-10(8-13(12)16-3)11(15)7-9(2)14/h5-6,8,11,15H,4,7H2,1-3H3. The predicted molar refractivity (Wildman–Crippen MR) is 64.4 cm³/mol. The molecular formula is C13H18O4. The Hall–Kier alpha value is -1.55. The van der Waals surface area contributed by atoms with Crippen LogP contribution in [0.25, 0.3) is 0 Å². The fraction of sp³-hybridized carbons (Fsp3) is 0.462. The molecule has 0 aromatic heterocycles. The SMILES string of the molecule is CCOc1ccc(C(O)CC(C)=O)cc1OC. The van der Waals surface area contributed by atoms with Crippen molar-refractivity contribution in [2.24, 2.45) is 0 Å². The van der Waals surface area contributed by atoms with Crippen molar-refractivity contribution in [1.29, 1.82) is 0 Å². The number of carbonyl (C=O) groups excluding carboxylic acids is 1. The zero-order valence-corrected chi connectivity index (χ0v) is 10.4. The minimum atomic E-state index is -0.794. The Balaban J connectivity index is 2.92. The number of rotatable bonds is 6. The molecule has 0 aliphatic rings. The van der Waals surface area contributed by atoms with E-state index < -0.39 is 6.10 Å². The Bertz CT molecular complexity index is 387. The second-order valence-corrected chi connectivity index (χ2v) is 3.77. The molecule has 4 heteroatoms. The van der Waals surface area contributed by atoms with Crippen LogP contribution in [0.4, 0.5) is 0 Å². The van der Waals surface area contributed by atoms with Crippen LogP contribution >= 0.6 is 0 Å². The predicted octanol–water partition coefficient (Wildman–Crippen LogP) is 2.11. The van der Waals surface area contributed by atoms with Crippen molar-refractivity contribution >= 4 is 5.78 Å². The lowest BCUT2D eigenvalue weighted by Gasteiger charge is -2.13. The zero-order valence-electron chi connectivity index (χ0n) is 10.4. The van der Waals surface area contributed by atoms with Crippen LogP contribution in [-0.4, -0.2) is 24.6 Å². The van der Waals surface area contributed by atoms with Gasteiger partial charge in [0.15, 0.2) is 11.5 Å². The summed E-state index contributed by atoms with van der Waals surface area (Å²) in [6.45, 7) is 3.89. The molecule has 0 spiro atoms. The highest BCUT2D eigenvalue weighted by Crippen LogP contribution is 2.31. The summed E-state index contributed by atoms with van der Waals surface area (Å²) in [5, 5.41) is 9.81. The molecule has 0 aliphatic heterocycles. The van der Waals surface area contributed by atoms with E-state index in [2.05, 4.69) is 0 Å². The monoisotopic (exact) mass is 238 g/mol. The molecule has 1 N–H and O–H groups in total. The van der Waals surface area contributed by atoms with Crippen molar-refractivity contribution in [2.75, 3.05) is 13.7 Å². The number of carbonyl (C=O) groups is 1. The molecule has 17 heavy (non-hydrogen) atoms. The molecule has 0 radical (unpaired) electrons. The molecule has 4 nitrogen and oxygen atoms in total. The van der Waals surface area contributed by atoms with Gasteiger partial charge in [-0.25, -0.2) is 0 Å². The first kappa shape index (κ1) is 13.5. The number of aliphatic hydroxyl groups is 1. The minimum Gasteiger partial charge on any atom is -0.493 e. The van der Waals surface area contributed by atoms with Crippen molar-refractivity contribution in [3.63, 3.8) is 0 Å². The summed E-state index contributed by atoms with van der Waals surface area (Å²) in [6, 6.07) is 5.17. The number of ether oxygens (including phenoxy) is 2. The highest BCUT2D eigenvalue weighted by molar-refractivity contribution is 5.76. The second-order valence-electron chi connectivity index (χ2n) is 3.77. The van der Waals surface area contributed by atoms with Crippen molar-refractivity contribution in [3.05, 3.63) is 23.8 Å². The second kappa shape index (κ2) is 6.25. The highest BCUT2D eigenvalue weighted by atomic mass is 16.5. The lowest BCUT2D eigenvalue weighted by Crippen LogP contribution is -2.04. The maximum atomic E-state index is 10.9. The van der Waals surface area contributed by atoms with Gasteiger partial charge in [-0.1, -0.05) is 6.07 Å². The normalized spacial score (nSPS) is 12.0. The first-order valence-electron chi connectivity index (χ1n) is 5.56. The van der Waals surface area contributed by atoms with Crippen LogP contribution in [0.3, 0.4) is 0 Å². The molecule has 0 saturated heterocycles. The maximum absolute atomic E-state index is 10.9. The van der Waals surface area contributed by atoms with Gasteiger partial charge >= 0.3 is 0 Å². The van der Waals surface area contributed by atoms with Crippen molar-refractivity contribution < 1.29 is 19.4 Å². The summed E-state index contributed by atoms with van der Waals surface area (Å²) in [6.07, 6.45) is -0.686. The number of hydrogen-bond donors (Lipinski definition) is 1. The van der Waals surface area contributed by atoms with Gasteiger partial charge in [-0.3, -0.25) is 4.79 Å². The van der Waals surface area contributed by atoms with Gasteiger partial charge in [0.25, 0.3) is 0 Å². The molecular weight excluding hydrogens is 220 g/mol. The van der Waals surface area contributed by atoms with E-state index in [4.69, 9.17) is 9.47 Å². The van der Waals surface area contributed by atoms with Gasteiger partial charge in [-0.2, -0.15) is 0 Å². The van der Waals surface area contributed by atoms with Gasteiger partial charge in [0.05, 0.1) is 19.8 Å². The van der Waals surface area contributed by atoms with E-state index in [1.54, 1.807) is 25.3 Å². The molecule has 0 aliphatic carbocycles. The first-order chi connectivity index (χ1) is 8.08. The van der Waals surface area contributed by atoms with Crippen LogP contribution in [0, 0.1) is 0 Å². The average molecular weight is 238 g/mol. The molecule has 94 valence electrons. The van der Waals surface area contributed by atoms with Crippen LogP contribution in [0.15, 0.2) is 18.2 Å². The quantitative estimate of drug-likeness (QED) is 0.824. The van der Waals surface area contributed by atoms with E-state index in [-0.39, 0.29) is 12.2 Å². The number of ketones is 1. The van der Waals surface area contributed by atoms with Crippen LogP contribution in [0.2, 0.25) is 0 Å². The molecule has 1 aromatic rings. The summed E-state index contributed by atoms with van der Waals surface area (Å²) in [4.78, 5) is 10.9. The third kappa shape index (κ3) is 3.75. The molecule has 1 aromatic carbocycles. The first-order valence-corrected chi connectivity index (χ1v) is 5.56. The van der Waals surface area contributed by atoms with Gasteiger partial charge in [0.1, 0.15) is 5.78 Å². The van der Waals surface area contributed by atoms with Gasteiger partial charge in [-0.05, 0) is 31.5 Å². The molecule has 1 atom stereocenters. The van der Waals surface area contributed by atoms with Crippen molar-refractivity contribution in [3.8, 4) is 11.5 Å². The number of hydrogen-bond acceptors (Lipinski definition) is 4. The summed E-state index contributed by atoms with van der Waals surface area (Å²) in [7, 11) is 1.54. The Morgan fingerprint density at radius 1 is 1.41 bits per heavy atom. The summed E-state index contributed by atoms with van der Waals surface area (Å²) >= 11 is 0. The lowest BCUT2D eigenvalue weighted by molar-refractivity contribution is -0.118. The highest BCUT2D eigenvalue weighted by Gasteiger charge is 2.13. The third-order valence-electron chi connectivity index (χ3n) is 2.35. The van der Waals surface area contributed by atoms with E-state index in [1.165, 1.54) is 6.92 Å². The average Bonchev–Trinajstić information content (AvgIpc) is 2.29. The Morgan fingerprint density at radius 3 is 2.65 bits per heavy atom. The minimum absolute atomic E-state index is 0.0506. The van der Waals surface area contributed by atoms with Crippen LogP contribution < -0.4 is 9.47 Å². The number of Topliss-reactive ketones (excluding diaryl/α,β-unsaturated/α-hetero) is 1. The fourth-order valence-corrected chi connectivity index (χ4v) is 1.56. The third-order valence-corrected chi connectivity index (χ3v) is 2.35. The van der Waals surface area contributed by atoms with Gasteiger partial charge in [0, 0.05) is 6.42 Å². The largest absolute Gasteiger partial charge is 0.493 e. The van der Waals surface area contributed by atoms with E-state index in [0.717, 1.165) is 0 Å². The molecule has 0 bridgehead atoms. The maximum Gasteiger partial charge on any atom is 0.161 e. The van der Waals surface area contributed by atoms with E-state index in [1.807, 2.05) is 6.92 Å². The Morgan fingerprint density at radius 2 is 2.12 bits per heavy atom. The van der Waals surface area contributed by atoms with Gasteiger partial charge in [0.2, 0.25) is 0 Å². The van der Waals surface area contributed by atoms with E-state index >= 15 is 0 Å². The van der Waals surface area contributed by atoms with Crippen molar-refractivity contribution in [2.45, 2.75) is 26.4 Å². The topological polar surface area (TPSA) is 55.8 Å². The van der Waals surface area contributed by atoms with Crippen LogP contribution in [-0.2, 0) is 4.79 Å². The number of benzene rings is 1. The fourth-order valence-electron chi connectivity index (χ4n) is 1.56. The van der Waals surface area contributed by atoms with E-state index in [9.17, 15) is 9.90 Å². The lowest BCUT2D eigenvalue weighted by atomic mass is 10.0. The van der Waals surface area contributed by atoms with Gasteiger partial charge in [-0.15, -0.1) is 0 Å². The molecule has 0 heterocycles. The summed E-state index contributed by atoms with van der Waals surface area (Å²) in [5.74, 6) is 1.14. The van der Waals surface area contributed by atoms with E-state index in [0.29, 0.717) is 23.7 Å². The molecule has 0 fully saturated rings. The molecule has 1 rings (SSSR count). The summed E-state index contributed by atoms with van der Waals surface area (Å²) in [5.41, 5.74) is 0.653.